The lowest BCUT2D eigenvalue weighted by molar-refractivity contribution is -0.991. The summed E-state index contributed by atoms with van der Waals surface area (Å²) in [4.78, 5) is 4.54. The van der Waals surface area contributed by atoms with E-state index < -0.39 is 5.23 Å². The van der Waals surface area contributed by atoms with Gasteiger partial charge in [0.15, 0.2) is 5.69 Å². The molecule has 0 saturated heterocycles. The average molecular weight is 268 g/mol. The summed E-state index contributed by atoms with van der Waals surface area (Å²) < 4.78 is 0. The minimum atomic E-state index is -0.910. The summed E-state index contributed by atoms with van der Waals surface area (Å²) in [6.45, 7) is 0. The first-order valence-corrected chi connectivity index (χ1v) is 6.70. The van der Waals surface area contributed by atoms with Crippen LogP contribution in [0.15, 0.2) is 53.5 Å². The third kappa shape index (κ3) is 2.93. The van der Waals surface area contributed by atoms with Crippen LogP contribution >= 0.6 is 0 Å². The van der Waals surface area contributed by atoms with E-state index in [9.17, 15) is 5.21 Å². The smallest absolute Gasteiger partial charge is 0.163 e. The van der Waals surface area contributed by atoms with E-state index in [1.54, 1.807) is 30.5 Å². The molecule has 102 valence electrons. The van der Waals surface area contributed by atoms with Crippen molar-refractivity contribution in [3.8, 4) is 0 Å². The molecule has 1 fully saturated rings. The normalized spacial score (nSPS) is 16.5. The molecule has 2 N–H and O–H groups in total. The van der Waals surface area contributed by atoms with E-state index in [0.29, 0.717) is 11.6 Å². The maximum absolute atomic E-state index is 10.8. The number of benzene rings is 2. The van der Waals surface area contributed by atoms with Gasteiger partial charge in [0.2, 0.25) is 0 Å². The molecule has 0 radical (unpaired) electrons. The van der Waals surface area contributed by atoms with Crippen molar-refractivity contribution in [2.45, 2.75) is 18.8 Å². The van der Waals surface area contributed by atoms with Crippen LogP contribution in [0, 0.1) is 5.21 Å². The number of para-hydroxylation sites is 1. The molecule has 2 aromatic rings. The number of rotatable bonds is 4. The third-order valence-corrected chi connectivity index (χ3v) is 3.46. The maximum atomic E-state index is 10.8. The second kappa shape index (κ2) is 5.54. The van der Waals surface area contributed by atoms with Gasteiger partial charge in [-0.05, 0) is 48.1 Å². The van der Waals surface area contributed by atoms with E-state index in [0.717, 1.165) is 11.3 Å². The largest absolute Gasteiger partial charge is 0.595 e. The van der Waals surface area contributed by atoms with Crippen molar-refractivity contribution >= 4 is 17.6 Å². The van der Waals surface area contributed by atoms with Gasteiger partial charge in [-0.3, -0.25) is 4.99 Å². The molecule has 2 aromatic carbocycles. The van der Waals surface area contributed by atoms with Gasteiger partial charge in [-0.2, -0.15) is 5.23 Å². The Morgan fingerprint density at radius 2 is 1.80 bits per heavy atom. The molecule has 4 heteroatoms. The van der Waals surface area contributed by atoms with Crippen molar-refractivity contribution in [2.75, 3.05) is 0 Å². The van der Waals surface area contributed by atoms with Gasteiger partial charge in [0.1, 0.15) is 0 Å². The first-order valence-electron chi connectivity index (χ1n) is 6.70. The van der Waals surface area contributed by atoms with Crippen LogP contribution < -0.4 is 5.23 Å². The van der Waals surface area contributed by atoms with E-state index in [4.69, 9.17) is 5.21 Å². The molecule has 1 atom stereocenters. The second-order valence-electron chi connectivity index (χ2n) is 5.02. The van der Waals surface area contributed by atoms with Crippen molar-refractivity contribution in [3.05, 3.63) is 64.9 Å². The van der Waals surface area contributed by atoms with Crippen LogP contribution in [-0.4, -0.2) is 11.4 Å². The SMILES string of the molecule is [O-][NH+](O)c1ccc(C=Nc2ccccc2C2CC2)cc1. The highest BCUT2D eigenvalue weighted by atomic mass is 16.8. The highest BCUT2D eigenvalue weighted by Crippen LogP contribution is 2.44. The summed E-state index contributed by atoms with van der Waals surface area (Å²) in [7, 11) is 0. The number of nitrogens with one attached hydrogen (secondary N) is 1. The lowest BCUT2D eigenvalue weighted by Crippen LogP contribution is -2.99. The molecule has 1 aliphatic rings. The Morgan fingerprint density at radius 1 is 1.10 bits per heavy atom. The van der Waals surface area contributed by atoms with Crippen molar-refractivity contribution in [2.24, 2.45) is 4.99 Å². The number of hydrogen-bond donors (Lipinski definition) is 2. The predicted molar refractivity (Wildman–Crippen MR) is 77.9 cm³/mol. The van der Waals surface area contributed by atoms with Gasteiger partial charge in [0.05, 0.1) is 5.69 Å². The average Bonchev–Trinajstić information content (AvgIpc) is 3.30. The molecule has 4 nitrogen and oxygen atoms in total. The number of aliphatic imine (C=N–C) groups is 1. The Morgan fingerprint density at radius 3 is 2.45 bits per heavy atom. The van der Waals surface area contributed by atoms with Crippen LogP contribution in [-0.2, 0) is 0 Å². The highest BCUT2D eigenvalue weighted by Gasteiger charge is 2.25. The third-order valence-electron chi connectivity index (χ3n) is 3.46. The minimum Gasteiger partial charge on any atom is -0.595 e. The van der Waals surface area contributed by atoms with Crippen LogP contribution in [0.1, 0.15) is 29.9 Å². The molecule has 3 rings (SSSR count). The maximum Gasteiger partial charge on any atom is 0.163 e. The van der Waals surface area contributed by atoms with Crippen LogP contribution in [0.5, 0.6) is 0 Å². The summed E-state index contributed by atoms with van der Waals surface area (Å²) >= 11 is 0. The molecular weight excluding hydrogens is 252 g/mol. The van der Waals surface area contributed by atoms with Gasteiger partial charge >= 0.3 is 0 Å². The zero-order chi connectivity index (χ0) is 13.9. The van der Waals surface area contributed by atoms with Crippen LogP contribution in [0.4, 0.5) is 11.4 Å². The van der Waals surface area contributed by atoms with Gasteiger partial charge in [-0.1, -0.05) is 18.2 Å². The minimum absolute atomic E-state index is 0.292. The molecule has 20 heavy (non-hydrogen) atoms. The topological polar surface area (TPSA) is 60.1 Å². The Balaban J connectivity index is 1.80. The predicted octanol–water partition coefficient (Wildman–Crippen LogP) is 2.72. The van der Waals surface area contributed by atoms with E-state index in [-0.39, 0.29) is 0 Å². The fourth-order valence-electron chi connectivity index (χ4n) is 2.20. The molecule has 0 heterocycles. The molecule has 0 amide bonds. The monoisotopic (exact) mass is 268 g/mol. The first kappa shape index (κ1) is 13.0. The van der Waals surface area contributed by atoms with Gasteiger partial charge in [0, 0.05) is 18.3 Å². The molecule has 1 saturated carbocycles. The fraction of sp³-hybridized carbons (Fsp3) is 0.188. The highest BCUT2D eigenvalue weighted by molar-refractivity contribution is 5.82. The van der Waals surface area contributed by atoms with E-state index >= 15 is 0 Å². The molecule has 1 aliphatic carbocycles. The summed E-state index contributed by atoms with van der Waals surface area (Å²) in [6, 6.07) is 14.9. The lowest BCUT2D eigenvalue weighted by Gasteiger charge is -2.10. The Hall–Kier alpha value is -2.01. The van der Waals surface area contributed by atoms with Crippen LogP contribution in [0.25, 0.3) is 0 Å². The Bertz CT molecular complexity index is 617. The molecule has 0 bridgehead atoms. The summed E-state index contributed by atoms with van der Waals surface area (Å²) in [5, 5.41) is 18.7. The zero-order valence-electron chi connectivity index (χ0n) is 11.0. The molecular formula is C16H16N2O2. The molecule has 1 unspecified atom stereocenters. The summed E-state index contributed by atoms with van der Waals surface area (Å²) in [6.07, 6.45) is 4.28. The molecule has 0 aromatic heterocycles. The van der Waals surface area contributed by atoms with E-state index in [1.807, 2.05) is 18.2 Å². The summed E-state index contributed by atoms with van der Waals surface area (Å²) in [5.74, 6) is 0.665. The van der Waals surface area contributed by atoms with Crippen molar-refractivity contribution in [1.29, 1.82) is 0 Å². The van der Waals surface area contributed by atoms with E-state index in [1.165, 1.54) is 18.4 Å². The first-order chi connectivity index (χ1) is 9.74. The quantitative estimate of drug-likeness (QED) is 0.661. The van der Waals surface area contributed by atoms with Crippen molar-refractivity contribution < 1.29 is 10.4 Å². The van der Waals surface area contributed by atoms with E-state index in [2.05, 4.69) is 11.1 Å². The molecule has 0 aliphatic heterocycles. The van der Waals surface area contributed by atoms with Gasteiger partial charge in [0.25, 0.3) is 0 Å². The fourth-order valence-corrected chi connectivity index (χ4v) is 2.20. The van der Waals surface area contributed by atoms with Crippen molar-refractivity contribution in [3.63, 3.8) is 0 Å². The molecule has 0 spiro atoms. The van der Waals surface area contributed by atoms with Gasteiger partial charge in [-0.25, -0.2) is 5.21 Å². The van der Waals surface area contributed by atoms with Gasteiger partial charge in [-0.15, -0.1) is 0 Å². The number of quaternary nitrogens is 1. The Labute approximate surface area is 117 Å². The van der Waals surface area contributed by atoms with Crippen molar-refractivity contribution in [1.82, 2.24) is 0 Å². The van der Waals surface area contributed by atoms with Crippen LogP contribution in [0.2, 0.25) is 0 Å². The summed E-state index contributed by atoms with van der Waals surface area (Å²) in [5.41, 5.74) is 3.52. The second-order valence-corrected chi connectivity index (χ2v) is 5.02. The lowest BCUT2D eigenvalue weighted by atomic mass is 10.1. The Kier molecular flexibility index (Phi) is 3.60. The number of nitrogens with zero attached hydrogens (tertiary/aromatic N) is 1. The zero-order valence-corrected chi connectivity index (χ0v) is 11.0. The van der Waals surface area contributed by atoms with Gasteiger partial charge < -0.3 is 5.21 Å². The standard InChI is InChI=1S/C16H16N2O2/c19-18(20)14-9-5-12(6-10-14)11-17-16-4-2-1-3-15(16)13-7-8-13/h1-6,9-11,13,18-19H,7-8H2. The van der Waals surface area contributed by atoms with Crippen LogP contribution in [0.3, 0.4) is 0 Å². The number of hydrogen-bond acceptors (Lipinski definition) is 3.